The SMILES string of the molecule is CC(O)[C@H]1C(=O)N2C(C(=O)O)=C(SCCSc3ncccn3)S[C@H]12. The minimum atomic E-state index is -1.11. The van der Waals surface area contributed by atoms with Gasteiger partial charge in [-0.25, -0.2) is 14.8 Å². The number of thioether (sulfide) groups is 3. The zero-order valence-electron chi connectivity index (χ0n) is 12.7. The van der Waals surface area contributed by atoms with E-state index in [1.165, 1.54) is 40.2 Å². The van der Waals surface area contributed by atoms with E-state index in [1.54, 1.807) is 25.4 Å². The fourth-order valence-electron chi connectivity index (χ4n) is 2.48. The van der Waals surface area contributed by atoms with Crippen LogP contribution in [0, 0.1) is 5.92 Å². The first-order valence-corrected chi connectivity index (χ1v) is 10.0. The van der Waals surface area contributed by atoms with Crippen LogP contribution in [0.25, 0.3) is 0 Å². The van der Waals surface area contributed by atoms with Gasteiger partial charge in [0.25, 0.3) is 0 Å². The van der Waals surface area contributed by atoms with Crippen LogP contribution < -0.4 is 0 Å². The topological polar surface area (TPSA) is 104 Å². The Kier molecular flexibility index (Phi) is 5.38. The first-order valence-electron chi connectivity index (χ1n) is 7.18. The molecule has 0 aliphatic carbocycles. The van der Waals surface area contributed by atoms with Crippen molar-refractivity contribution in [2.75, 3.05) is 11.5 Å². The first kappa shape index (κ1) is 17.6. The molecule has 0 aromatic carbocycles. The van der Waals surface area contributed by atoms with Gasteiger partial charge in [-0.2, -0.15) is 0 Å². The van der Waals surface area contributed by atoms with E-state index in [1.807, 2.05) is 0 Å². The molecule has 3 heterocycles. The first-order chi connectivity index (χ1) is 11.5. The molecule has 0 saturated carbocycles. The molecule has 10 heteroatoms. The van der Waals surface area contributed by atoms with Gasteiger partial charge >= 0.3 is 5.97 Å². The summed E-state index contributed by atoms with van der Waals surface area (Å²) in [6.45, 7) is 1.56. The van der Waals surface area contributed by atoms with Crippen molar-refractivity contribution in [3.63, 3.8) is 0 Å². The number of amides is 1. The lowest BCUT2D eigenvalue weighted by Gasteiger charge is -2.43. The molecule has 1 amide bonds. The van der Waals surface area contributed by atoms with Crippen molar-refractivity contribution in [2.45, 2.75) is 23.6 Å². The number of aromatic nitrogens is 2. The van der Waals surface area contributed by atoms with E-state index >= 15 is 0 Å². The number of fused-ring (bicyclic) bond motifs is 1. The van der Waals surface area contributed by atoms with Crippen LogP contribution in [0.5, 0.6) is 0 Å². The van der Waals surface area contributed by atoms with Gasteiger partial charge in [-0.15, -0.1) is 11.8 Å². The zero-order valence-corrected chi connectivity index (χ0v) is 15.1. The molecule has 2 aliphatic rings. The van der Waals surface area contributed by atoms with Gasteiger partial charge in [-0.1, -0.05) is 23.5 Å². The van der Waals surface area contributed by atoms with Gasteiger partial charge in [0.1, 0.15) is 5.37 Å². The lowest BCUT2D eigenvalue weighted by atomic mass is 9.92. The van der Waals surface area contributed by atoms with Crippen molar-refractivity contribution in [1.29, 1.82) is 0 Å². The maximum atomic E-state index is 12.1. The van der Waals surface area contributed by atoms with Crippen LogP contribution in [-0.4, -0.2) is 59.9 Å². The van der Waals surface area contributed by atoms with Gasteiger partial charge < -0.3 is 10.2 Å². The lowest BCUT2D eigenvalue weighted by molar-refractivity contribution is -0.156. The van der Waals surface area contributed by atoms with E-state index in [4.69, 9.17) is 0 Å². The standard InChI is InChI=1S/C14H15N3O4S3/c1-7(18)8-10(19)17-9(12(20)21)13(24-11(8)17)22-5-6-23-14-15-3-2-4-16-14/h2-4,7-8,11,18H,5-6H2,1H3,(H,20,21)/t7?,8-,11+/m0/s1. The van der Waals surface area contributed by atoms with E-state index in [0.29, 0.717) is 15.1 Å². The zero-order chi connectivity index (χ0) is 17.3. The number of carbonyl (C=O) groups excluding carboxylic acids is 1. The summed E-state index contributed by atoms with van der Waals surface area (Å²) in [5.41, 5.74) is 0.0397. The van der Waals surface area contributed by atoms with Gasteiger partial charge in [-0.3, -0.25) is 9.69 Å². The highest BCUT2D eigenvalue weighted by molar-refractivity contribution is 8.23. The molecule has 1 unspecified atom stereocenters. The molecule has 0 spiro atoms. The second kappa shape index (κ2) is 7.34. The van der Waals surface area contributed by atoms with Gasteiger partial charge in [0.05, 0.1) is 16.3 Å². The molecule has 1 fully saturated rings. The maximum Gasteiger partial charge on any atom is 0.354 e. The summed E-state index contributed by atoms with van der Waals surface area (Å²) in [4.78, 5) is 33.1. The Hall–Kier alpha value is -1.23. The predicted molar refractivity (Wildman–Crippen MR) is 93.3 cm³/mol. The minimum Gasteiger partial charge on any atom is -0.477 e. The molecule has 2 N–H and O–H groups in total. The smallest absolute Gasteiger partial charge is 0.354 e. The van der Waals surface area contributed by atoms with Crippen LogP contribution in [0.15, 0.2) is 33.6 Å². The third kappa shape index (κ3) is 3.28. The van der Waals surface area contributed by atoms with Gasteiger partial charge in [0.2, 0.25) is 5.91 Å². The minimum absolute atomic E-state index is 0.0397. The van der Waals surface area contributed by atoms with Crippen molar-refractivity contribution < 1.29 is 19.8 Å². The highest BCUT2D eigenvalue weighted by atomic mass is 32.2. The van der Waals surface area contributed by atoms with Crippen LogP contribution in [0.1, 0.15) is 6.92 Å². The van der Waals surface area contributed by atoms with E-state index in [0.717, 1.165) is 5.75 Å². The number of aliphatic hydroxyl groups excluding tert-OH is 1. The summed E-state index contributed by atoms with van der Waals surface area (Å²) >= 11 is 4.26. The molecule has 0 bridgehead atoms. The number of aliphatic carboxylic acids is 1. The van der Waals surface area contributed by atoms with E-state index in [2.05, 4.69) is 9.97 Å². The number of rotatable bonds is 7. The van der Waals surface area contributed by atoms with E-state index in [9.17, 15) is 19.8 Å². The molecule has 1 aromatic heterocycles. The number of carboxylic acid groups (broad SMARTS) is 1. The number of aliphatic hydroxyl groups is 1. The van der Waals surface area contributed by atoms with Crippen LogP contribution in [-0.2, 0) is 9.59 Å². The van der Waals surface area contributed by atoms with Gasteiger partial charge in [0, 0.05) is 23.9 Å². The molecule has 0 radical (unpaired) electrons. The summed E-state index contributed by atoms with van der Waals surface area (Å²) in [7, 11) is 0. The van der Waals surface area contributed by atoms with Crippen LogP contribution in [0.3, 0.4) is 0 Å². The van der Waals surface area contributed by atoms with Crippen molar-refractivity contribution >= 4 is 47.2 Å². The average molecular weight is 385 g/mol. The summed E-state index contributed by atoms with van der Waals surface area (Å²) in [6, 6.07) is 1.75. The molecular weight excluding hydrogens is 370 g/mol. The highest BCUT2D eigenvalue weighted by Gasteiger charge is 2.57. The Balaban J connectivity index is 1.60. The third-order valence-corrected chi connectivity index (χ3v) is 7.35. The van der Waals surface area contributed by atoms with Crippen LogP contribution >= 0.6 is 35.3 Å². The Labute approximate surface area is 151 Å². The Morgan fingerprint density at radius 2 is 2.04 bits per heavy atom. The van der Waals surface area contributed by atoms with Crippen molar-refractivity contribution in [2.24, 2.45) is 5.92 Å². The summed E-state index contributed by atoms with van der Waals surface area (Å²) in [5.74, 6) is -0.554. The van der Waals surface area contributed by atoms with Crippen LogP contribution in [0.2, 0.25) is 0 Å². The molecular formula is C14H15N3O4S3. The van der Waals surface area contributed by atoms with E-state index in [-0.39, 0.29) is 17.0 Å². The summed E-state index contributed by atoms with van der Waals surface area (Å²) < 4.78 is 0.624. The Morgan fingerprint density at radius 3 is 2.67 bits per heavy atom. The normalized spacial score (nSPS) is 23.9. The number of hydrogen-bond acceptors (Lipinski definition) is 8. The molecule has 3 atom stereocenters. The number of β-lactam (4-membered cyclic amide) rings is 1. The number of hydrogen-bond donors (Lipinski definition) is 2. The molecule has 3 rings (SSSR count). The summed E-state index contributed by atoms with van der Waals surface area (Å²) in [6.07, 6.45) is 2.57. The molecule has 1 saturated heterocycles. The monoisotopic (exact) mass is 385 g/mol. The van der Waals surface area contributed by atoms with Gasteiger partial charge in [0.15, 0.2) is 10.9 Å². The lowest BCUT2D eigenvalue weighted by Crippen LogP contribution is -2.60. The molecule has 2 aliphatic heterocycles. The second-order valence-electron chi connectivity index (χ2n) is 5.15. The number of carboxylic acids is 1. The van der Waals surface area contributed by atoms with Crippen molar-refractivity contribution in [1.82, 2.24) is 14.9 Å². The Morgan fingerprint density at radius 1 is 1.38 bits per heavy atom. The molecule has 7 nitrogen and oxygen atoms in total. The third-order valence-electron chi connectivity index (χ3n) is 3.56. The molecule has 1 aromatic rings. The predicted octanol–water partition coefficient (Wildman–Crippen LogP) is 1.47. The Bertz CT molecular complexity index is 683. The van der Waals surface area contributed by atoms with E-state index < -0.39 is 18.0 Å². The fraction of sp³-hybridized carbons (Fsp3) is 0.429. The second-order valence-corrected chi connectivity index (χ2v) is 8.71. The highest BCUT2D eigenvalue weighted by Crippen LogP contribution is 2.53. The number of nitrogens with zero attached hydrogens (tertiary/aromatic N) is 3. The molecule has 24 heavy (non-hydrogen) atoms. The van der Waals surface area contributed by atoms with Crippen molar-refractivity contribution in [3.05, 3.63) is 28.4 Å². The summed E-state index contributed by atoms with van der Waals surface area (Å²) in [5, 5.41) is 19.5. The number of carbonyl (C=O) groups is 2. The molecule has 128 valence electrons. The van der Waals surface area contributed by atoms with Gasteiger partial charge in [-0.05, 0) is 13.0 Å². The maximum absolute atomic E-state index is 12.1. The van der Waals surface area contributed by atoms with Crippen LogP contribution in [0.4, 0.5) is 0 Å². The van der Waals surface area contributed by atoms with Crippen molar-refractivity contribution in [3.8, 4) is 0 Å². The average Bonchev–Trinajstić information content (AvgIpc) is 2.86. The quantitative estimate of drug-likeness (QED) is 0.312. The fourth-order valence-corrected chi connectivity index (χ4v) is 6.25. The largest absolute Gasteiger partial charge is 0.477 e.